The summed E-state index contributed by atoms with van der Waals surface area (Å²) >= 11 is 9.64. The molecule has 1 aliphatic heterocycles. The molecule has 2 heterocycles. The van der Waals surface area contributed by atoms with Crippen LogP contribution in [0, 0.1) is 5.92 Å². The number of ether oxygens (including phenoxy) is 3. The predicted molar refractivity (Wildman–Crippen MR) is 128 cm³/mol. The number of carboxylic acids is 1. The SMILES string of the molecule is O=C(O)[C@H]1[C@@H](OCO)[C@@]2(OCO)c3cnc(Cl)cc3O[C@@]2(c2ccc(Br)cc2)[C@@H]1c1ccccc1. The Morgan fingerprint density at radius 2 is 1.83 bits per heavy atom. The van der Waals surface area contributed by atoms with E-state index in [2.05, 4.69) is 20.9 Å². The Labute approximate surface area is 214 Å². The third kappa shape index (κ3) is 3.41. The van der Waals surface area contributed by atoms with Crippen molar-refractivity contribution in [2.75, 3.05) is 13.6 Å². The maximum atomic E-state index is 12.9. The van der Waals surface area contributed by atoms with Gasteiger partial charge in [-0.25, -0.2) is 4.98 Å². The molecule has 1 aliphatic carbocycles. The molecule has 2 aromatic carbocycles. The third-order valence-electron chi connectivity index (χ3n) is 6.84. The summed E-state index contributed by atoms with van der Waals surface area (Å²) < 4.78 is 19.4. The van der Waals surface area contributed by atoms with Crippen LogP contribution in [0.4, 0.5) is 0 Å². The Bertz CT molecular complexity index is 1240. The van der Waals surface area contributed by atoms with E-state index < -0.39 is 48.7 Å². The zero-order valence-corrected chi connectivity index (χ0v) is 20.5. The number of halogens is 2. The van der Waals surface area contributed by atoms with Crippen LogP contribution in [0.2, 0.25) is 5.15 Å². The summed E-state index contributed by atoms with van der Waals surface area (Å²) in [7, 11) is 0. The molecule has 0 spiro atoms. The molecule has 35 heavy (non-hydrogen) atoms. The monoisotopic (exact) mass is 561 g/mol. The first-order chi connectivity index (χ1) is 16.9. The number of fused-ring (bicyclic) bond motifs is 3. The van der Waals surface area contributed by atoms with Gasteiger partial charge in [-0.2, -0.15) is 0 Å². The molecule has 1 saturated carbocycles. The molecule has 1 fully saturated rings. The summed E-state index contributed by atoms with van der Waals surface area (Å²) in [6.45, 7) is -1.55. The number of benzene rings is 2. The second-order valence-corrected chi connectivity index (χ2v) is 9.63. The van der Waals surface area contributed by atoms with Crippen LogP contribution in [-0.4, -0.2) is 46.0 Å². The highest BCUT2D eigenvalue weighted by molar-refractivity contribution is 9.10. The fourth-order valence-corrected chi connectivity index (χ4v) is 6.17. The van der Waals surface area contributed by atoms with E-state index in [4.69, 9.17) is 25.8 Å². The van der Waals surface area contributed by atoms with Gasteiger partial charge >= 0.3 is 5.97 Å². The predicted octanol–water partition coefficient (Wildman–Crippen LogP) is 3.78. The quantitative estimate of drug-likeness (QED) is 0.294. The number of aliphatic carboxylic acids is 1. The topological polar surface area (TPSA) is 118 Å². The first-order valence-electron chi connectivity index (χ1n) is 10.8. The van der Waals surface area contributed by atoms with Crippen LogP contribution in [0.15, 0.2) is 71.3 Å². The molecule has 10 heteroatoms. The van der Waals surface area contributed by atoms with E-state index in [9.17, 15) is 20.1 Å². The van der Waals surface area contributed by atoms with Crippen molar-refractivity contribution in [1.29, 1.82) is 0 Å². The number of aliphatic hydroxyl groups is 2. The molecule has 5 atom stereocenters. The molecule has 2 aliphatic rings. The maximum Gasteiger partial charge on any atom is 0.310 e. The van der Waals surface area contributed by atoms with E-state index in [0.717, 1.165) is 4.47 Å². The Kier molecular flexibility index (Phi) is 6.33. The molecule has 3 N–H and O–H groups in total. The number of carbonyl (C=O) groups is 1. The van der Waals surface area contributed by atoms with Crippen molar-refractivity contribution in [1.82, 2.24) is 4.98 Å². The van der Waals surface area contributed by atoms with Crippen molar-refractivity contribution in [2.24, 2.45) is 5.92 Å². The minimum absolute atomic E-state index is 0.166. The average molecular weight is 563 g/mol. The van der Waals surface area contributed by atoms with E-state index in [1.807, 2.05) is 30.3 Å². The van der Waals surface area contributed by atoms with E-state index in [0.29, 0.717) is 22.4 Å². The number of carboxylic acid groups (broad SMARTS) is 1. The standard InChI is InChI=1S/C25H21BrClNO7/c26-16-8-6-15(7-9-16)24-21(14-4-2-1-3-5-14)20(23(31)32)22(33-12-29)25(24,34-13-30)17-11-28-19(27)10-18(17)35-24/h1-11,20-22,29-30H,12-13H2,(H,31,32)/t20-,21-,22-,24+,25+/m1/s1. The van der Waals surface area contributed by atoms with Gasteiger partial charge < -0.3 is 29.5 Å². The van der Waals surface area contributed by atoms with Gasteiger partial charge in [-0.3, -0.25) is 4.79 Å². The summed E-state index contributed by atoms with van der Waals surface area (Å²) in [5.41, 5.74) is -1.62. The highest BCUT2D eigenvalue weighted by atomic mass is 79.9. The Morgan fingerprint density at radius 3 is 2.46 bits per heavy atom. The van der Waals surface area contributed by atoms with Crippen LogP contribution in [0.1, 0.15) is 22.6 Å². The van der Waals surface area contributed by atoms with E-state index in [1.54, 1.807) is 24.3 Å². The molecule has 0 bridgehead atoms. The van der Waals surface area contributed by atoms with Crippen molar-refractivity contribution < 1.29 is 34.3 Å². The number of aromatic nitrogens is 1. The van der Waals surface area contributed by atoms with Crippen molar-refractivity contribution in [3.05, 3.63) is 93.2 Å². The van der Waals surface area contributed by atoms with Gasteiger partial charge in [-0.15, -0.1) is 0 Å². The summed E-state index contributed by atoms with van der Waals surface area (Å²) in [6, 6.07) is 17.8. The summed E-state index contributed by atoms with van der Waals surface area (Å²) in [5.74, 6) is -2.95. The largest absolute Gasteiger partial charge is 0.481 e. The second-order valence-electron chi connectivity index (χ2n) is 8.33. The highest BCUT2D eigenvalue weighted by Gasteiger charge is 2.79. The summed E-state index contributed by atoms with van der Waals surface area (Å²) in [5, 5.41) is 30.6. The molecule has 0 unspecified atom stereocenters. The first-order valence-corrected chi connectivity index (χ1v) is 11.9. The fourth-order valence-electron chi connectivity index (χ4n) is 5.76. The zero-order chi connectivity index (χ0) is 24.8. The normalized spacial score (nSPS) is 28.9. The van der Waals surface area contributed by atoms with E-state index >= 15 is 0 Å². The lowest BCUT2D eigenvalue weighted by Gasteiger charge is -2.43. The van der Waals surface area contributed by atoms with Gasteiger partial charge in [0.25, 0.3) is 0 Å². The maximum absolute atomic E-state index is 12.9. The van der Waals surface area contributed by atoms with E-state index in [1.165, 1.54) is 12.3 Å². The number of hydrogen-bond donors (Lipinski definition) is 3. The second kappa shape index (κ2) is 9.16. The van der Waals surface area contributed by atoms with Crippen molar-refractivity contribution >= 4 is 33.5 Å². The third-order valence-corrected chi connectivity index (χ3v) is 7.58. The van der Waals surface area contributed by atoms with Gasteiger partial charge in [-0.1, -0.05) is 70.0 Å². The molecule has 0 radical (unpaired) electrons. The van der Waals surface area contributed by atoms with Crippen molar-refractivity contribution in [2.45, 2.75) is 23.2 Å². The van der Waals surface area contributed by atoms with Gasteiger partial charge in [-0.05, 0) is 23.3 Å². The van der Waals surface area contributed by atoms with Crippen LogP contribution in [0.25, 0.3) is 0 Å². The minimum Gasteiger partial charge on any atom is -0.481 e. The van der Waals surface area contributed by atoms with Crippen LogP contribution in [-0.2, 0) is 25.5 Å². The lowest BCUT2D eigenvalue weighted by atomic mass is 9.71. The number of nitrogens with zero attached hydrogens (tertiary/aromatic N) is 1. The molecular weight excluding hydrogens is 542 g/mol. The molecule has 0 saturated heterocycles. The summed E-state index contributed by atoms with van der Waals surface area (Å²) in [6.07, 6.45) is 0.170. The molecule has 8 nitrogen and oxygen atoms in total. The Balaban J connectivity index is 1.93. The molecule has 1 aromatic heterocycles. The van der Waals surface area contributed by atoms with Crippen molar-refractivity contribution in [3.63, 3.8) is 0 Å². The van der Waals surface area contributed by atoms with Crippen molar-refractivity contribution in [3.8, 4) is 5.75 Å². The van der Waals surface area contributed by atoms with Gasteiger partial charge in [0, 0.05) is 22.7 Å². The smallest absolute Gasteiger partial charge is 0.310 e. The van der Waals surface area contributed by atoms with Crippen LogP contribution >= 0.6 is 27.5 Å². The molecule has 3 aromatic rings. The summed E-state index contributed by atoms with van der Waals surface area (Å²) in [4.78, 5) is 17.1. The molecule has 5 rings (SSSR count). The molecular formula is C25H21BrClNO7. The molecule has 182 valence electrons. The highest BCUT2D eigenvalue weighted by Crippen LogP contribution is 2.70. The van der Waals surface area contributed by atoms with Gasteiger partial charge in [0.15, 0.2) is 11.2 Å². The minimum atomic E-state index is -1.70. The van der Waals surface area contributed by atoms with E-state index in [-0.39, 0.29) is 5.15 Å². The fraction of sp³-hybridized carbons (Fsp3) is 0.280. The Morgan fingerprint density at radius 1 is 1.11 bits per heavy atom. The molecule has 0 amide bonds. The van der Waals surface area contributed by atoms with Crippen LogP contribution in [0.5, 0.6) is 5.75 Å². The number of pyridine rings is 1. The number of aliphatic hydroxyl groups excluding tert-OH is 2. The Hall–Kier alpha value is -2.53. The van der Waals surface area contributed by atoms with Crippen LogP contribution in [0.3, 0.4) is 0 Å². The lowest BCUT2D eigenvalue weighted by molar-refractivity contribution is -0.241. The first kappa shape index (κ1) is 24.2. The van der Waals surface area contributed by atoms with Crippen LogP contribution < -0.4 is 4.74 Å². The lowest BCUT2D eigenvalue weighted by Crippen LogP contribution is -2.54. The average Bonchev–Trinajstić information content (AvgIpc) is 3.25. The van der Waals surface area contributed by atoms with Gasteiger partial charge in [0.05, 0.1) is 11.5 Å². The van der Waals surface area contributed by atoms with Gasteiger partial charge in [0.2, 0.25) is 0 Å². The van der Waals surface area contributed by atoms with Gasteiger partial charge in [0.1, 0.15) is 30.6 Å². The zero-order valence-electron chi connectivity index (χ0n) is 18.2. The number of hydrogen-bond acceptors (Lipinski definition) is 7. The number of rotatable bonds is 7.